The Morgan fingerprint density at radius 1 is 1.13 bits per heavy atom. The Hall–Kier alpha value is -1.56. The van der Waals surface area contributed by atoms with E-state index in [2.05, 4.69) is 11.3 Å². The van der Waals surface area contributed by atoms with Gasteiger partial charge in [0.05, 0.1) is 5.92 Å². The Bertz CT molecular complexity index is 880. The fourth-order valence-corrected chi connectivity index (χ4v) is 6.38. The van der Waals surface area contributed by atoms with Crippen molar-refractivity contribution in [3.63, 3.8) is 0 Å². The number of carbonyl (C=O) groups excluding carboxylic acids is 2. The number of esters is 1. The molecule has 0 saturated heterocycles. The van der Waals surface area contributed by atoms with Gasteiger partial charge in [-0.15, -0.1) is 0 Å². The fraction of sp³-hybridized carbons (Fsp3) is 0.789. The summed E-state index contributed by atoms with van der Waals surface area (Å²) >= 11 is 0. The van der Waals surface area contributed by atoms with Gasteiger partial charge in [-0.3, -0.25) is 9.59 Å². The Balaban J connectivity index is 1.82. The molecule has 0 heterocycles. The summed E-state index contributed by atoms with van der Waals surface area (Å²) in [6.45, 7) is 5.19. The maximum atomic E-state index is 13.7. The van der Waals surface area contributed by atoms with Crippen molar-refractivity contribution in [3.05, 3.63) is 12.2 Å². The van der Waals surface area contributed by atoms with Gasteiger partial charge in [0.2, 0.25) is 0 Å². The first-order valence-corrected chi connectivity index (χ1v) is 11.2. The zero-order valence-corrected chi connectivity index (χ0v) is 17.4. The smallest absolute Gasteiger partial charge is 0.432 e. The lowest BCUT2D eigenvalue weighted by Crippen LogP contribution is -2.57. The van der Waals surface area contributed by atoms with Gasteiger partial charge in [-0.05, 0) is 67.8 Å². The zero-order chi connectivity index (χ0) is 23.6. The molecule has 0 aliphatic heterocycles. The molecule has 6 nitrogen and oxygen atoms in total. The third-order valence-electron chi connectivity index (χ3n) is 6.85. The van der Waals surface area contributed by atoms with E-state index < -0.39 is 56.8 Å². The molecule has 176 valence electrons. The number of allylic oxidation sites excluding steroid dienone is 1. The molecule has 4 saturated carbocycles. The maximum absolute atomic E-state index is 13.7. The van der Waals surface area contributed by atoms with Gasteiger partial charge in [-0.2, -0.15) is 22.0 Å². The zero-order valence-electron chi connectivity index (χ0n) is 16.6. The summed E-state index contributed by atoms with van der Waals surface area (Å²) in [6.07, 6.45) is -7.75. The Morgan fingerprint density at radius 2 is 1.65 bits per heavy atom. The van der Waals surface area contributed by atoms with E-state index in [1.165, 1.54) is 0 Å². The van der Waals surface area contributed by atoms with E-state index in [0.29, 0.717) is 31.3 Å². The van der Waals surface area contributed by atoms with Gasteiger partial charge in [0.15, 0.2) is 15.9 Å². The highest BCUT2D eigenvalue weighted by molar-refractivity contribution is 7.86. The van der Waals surface area contributed by atoms with Crippen LogP contribution in [0.15, 0.2) is 12.2 Å². The average molecular weight is 473 g/mol. The highest BCUT2D eigenvalue weighted by Crippen LogP contribution is 2.64. The number of hydrogen-bond acceptors (Lipinski definition) is 6. The lowest BCUT2D eigenvalue weighted by Gasteiger charge is -2.59. The molecule has 0 radical (unpaired) electrons. The van der Waals surface area contributed by atoms with Crippen LogP contribution in [0.2, 0.25) is 0 Å². The standard InChI is InChI=1S/C19H23F5O6S/c1-9(2)13(25)8-17-5-10-3-11(6-17)14(12(4-10)7-17)15(26)30-16(18(20,21)22)19(23,24)31(27,28)29/h10-12,14,16H,1,3-8H2,2H3,(H,27,28,29)/p-1. The van der Waals surface area contributed by atoms with E-state index in [9.17, 15) is 44.5 Å². The van der Waals surface area contributed by atoms with Crippen LogP contribution in [-0.2, 0) is 24.4 Å². The highest BCUT2D eigenvalue weighted by atomic mass is 32.2. The third-order valence-corrected chi connectivity index (χ3v) is 7.73. The number of rotatable bonds is 7. The second kappa shape index (κ2) is 7.50. The van der Waals surface area contributed by atoms with Gasteiger partial charge >= 0.3 is 17.4 Å². The number of ketones is 1. The number of Topliss-reactive ketones (excluding diaryl/α,β-unsaturated/α-hetero) is 1. The van der Waals surface area contributed by atoms with E-state index in [1.54, 1.807) is 6.92 Å². The molecular weight excluding hydrogens is 451 g/mol. The molecule has 4 aliphatic carbocycles. The van der Waals surface area contributed by atoms with Crippen molar-refractivity contribution in [2.75, 3.05) is 0 Å². The topological polar surface area (TPSA) is 101 Å². The molecule has 0 aromatic heterocycles. The summed E-state index contributed by atoms with van der Waals surface area (Å²) in [5, 5.41) is -5.86. The van der Waals surface area contributed by atoms with E-state index in [4.69, 9.17) is 0 Å². The Labute approximate surface area is 175 Å². The van der Waals surface area contributed by atoms with Crippen LogP contribution >= 0.6 is 0 Å². The van der Waals surface area contributed by atoms with Crippen LogP contribution < -0.4 is 0 Å². The van der Waals surface area contributed by atoms with Crippen molar-refractivity contribution >= 4 is 21.9 Å². The first kappa shape index (κ1) is 24.1. The van der Waals surface area contributed by atoms with E-state index >= 15 is 0 Å². The van der Waals surface area contributed by atoms with Crippen LogP contribution in [0.4, 0.5) is 22.0 Å². The quantitative estimate of drug-likeness (QED) is 0.243. The number of ether oxygens (including phenoxy) is 1. The molecule has 0 spiro atoms. The van der Waals surface area contributed by atoms with E-state index in [1.807, 2.05) is 0 Å². The maximum Gasteiger partial charge on any atom is 0.432 e. The molecule has 31 heavy (non-hydrogen) atoms. The summed E-state index contributed by atoms with van der Waals surface area (Å²) in [5.74, 6) is -3.63. The molecule has 3 unspecified atom stereocenters. The summed E-state index contributed by atoms with van der Waals surface area (Å²) in [7, 11) is -6.74. The van der Waals surface area contributed by atoms with Crippen molar-refractivity contribution < 1.29 is 49.2 Å². The highest BCUT2D eigenvalue weighted by Gasteiger charge is 2.64. The Kier molecular flexibility index (Phi) is 5.83. The Morgan fingerprint density at radius 3 is 2.06 bits per heavy atom. The predicted molar refractivity (Wildman–Crippen MR) is 94.5 cm³/mol. The summed E-state index contributed by atoms with van der Waals surface area (Å²) in [4.78, 5) is 24.8. The van der Waals surface area contributed by atoms with Crippen molar-refractivity contribution in [3.8, 4) is 0 Å². The number of carbonyl (C=O) groups is 2. The van der Waals surface area contributed by atoms with Gasteiger partial charge in [0.25, 0.3) is 6.10 Å². The first-order chi connectivity index (χ1) is 14.0. The summed E-state index contributed by atoms with van der Waals surface area (Å²) in [6, 6.07) is 0. The van der Waals surface area contributed by atoms with Gasteiger partial charge in [0.1, 0.15) is 0 Å². The van der Waals surface area contributed by atoms with Crippen LogP contribution in [0, 0.1) is 29.1 Å². The number of alkyl halides is 5. The van der Waals surface area contributed by atoms with Crippen molar-refractivity contribution in [1.82, 2.24) is 0 Å². The fourth-order valence-electron chi connectivity index (χ4n) is 5.94. The van der Waals surface area contributed by atoms with Gasteiger partial charge in [0, 0.05) is 6.42 Å². The molecule has 3 atom stereocenters. The van der Waals surface area contributed by atoms with Gasteiger partial charge < -0.3 is 9.29 Å². The van der Waals surface area contributed by atoms with E-state index in [0.717, 1.165) is 6.42 Å². The lowest BCUT2D eigenvalue weighted by atomic mass is 9.45. The molecule has 4 bridgehead atoms. The molecule has 0 N–H and O–H groups in total. The predicted octanol–water partition coefficient (Wildman–Crippen LogP) is 3.58. The SMILES string of the molecule is C=C(C)C(=O)CC12CC3CC(C1)C(C(=O)OC(C(F)(F)F)C(F)(F)S(=O)(=O)[O-])C(C3)C2. The van der Waals surface area contributed by atoms with Crippen LogP contribution in [0.5, 0.6) is 0 Å². The third kappa shape index (κ3) is 4.37. The average Bonchev–Trinajstić information content (AvgIpc) is 2.56. The minimum absolute atomic E-state index is 0.140. The number of halogens is 5. The number of hydrogen-bond donors (Lipinski definition) is 0. The van der Waals surface area contributed by atoms with Crippen LogP contribution in [-0.4, -0.2) is 42.3 Å². The molecule has 12 heteroatoms. The van der Waals surface area contributed by atoms with Crippen molar-refractivity contribution in [2.45, 2.75) is 63.0 Å². The van der Waals surface area contributed by atoms with Crippen molar-refractivity contribution in [1.29, 1.82) is 0 Å². The van der Waals surface area contributed by atoms with Crippen LogP contribution in [0.3, 0.4) is 0 Å². The molecule has 4 fully saturated rings. The van der Waals surface area contributed by atoms with Crippen LogP contribution in [0.1, 0.15) is 45.4 Å². The van der Waals surface area contributed by atoms with E-state index in [-0.39, 0.29) is 18.1 Å². The minimum Gasteiger partial charge on any atom is -0.743 e. The first-order valence-electron chi connectivity index (χ1n) is 9.76. The van der Waals surface area contributed by atoms with Gasteiger partial charge in [-0.1, -0.05) is 6.58 Å². The normalized spacial score (nSPS) is 33.8. The molecule has 0 aromatic rings. The lowest BCUT2D eigenvalue weighted by molar-refractivity contribution is -0.264. The molecular formula is C19H22F5O6S-. The van der Waals surface area contributed by atoms with Crippen LogP contribution in [0.25, 0.3) is 0 Å². The molecule has 4 aliphatic rings. The summed E-state index contributed by atoms with van der Waals surface area (Å²) < 4.78 is 103. The van der Waals surface area contributed by atoms with Crippen molar-refractivity contribution in [2.24, 2.45) is 29.1 Å². The second-order valence-electron chi connectivity index (χ2n) is 9.25. The monoisotopic (exact) mass is 473 g/mol. The van der Waals surface area contributed by atoms with Gasteiger partial charge in [-0.25, -0.2) is 8.42 Å². The molecule has 0 amide bonds. The largest absolute Gasteiger partial charge is 0.743 e. The molecule has 0 aromatic carbocycles. The minimum atomic E-state index is -6.74. The molecule has 4 rings (SSSR count). The second-order valence-corrected chi connectivity index (χ2v) is 10.7. The summed E-state index contributed by atoms with van der Waals surface area (Å²) in [5.41, 5.74) is -0.0459.